The monoisotopic (exact) mass is 337 g/mol. The van der Waals surface area contributed by atoms with E-state index in [1.54, 1.807) is 0 Å². The van der Waals surface area contributed by atoms with E-state index in [1.807, 2.05) is 19.1 Å². The number of hydrogen-bond donors (Lipinski definition) is 2. The zero-order chi connectivity index (χ0) is 17.6. The van der Waals surface area contributed by atoms with Crippen LogP contribution in [0.15, 0.2) is 40.5 Å². The molecule has 1 aromatic carbocycles. The molecule has 1 aromatic rings. The summed E-state index contributed by atoms with van der Waals surface area (Å²) >= 11 is 0. The molecule has 1 amide bonds. The summed E-state index contributed by atoms with van der Waals surface area (Å²) in [6, 6.07) is 8.22. The van der Waals surface area contributed by atoms with E-state index in [2.05, 4.69) is 24.4 Å². The quantitative estimate of drug-likeness (QED) is 0.805. The zero-order valence-electron chi connectivity index (χ0n) is 15.1. The van der Waals surface area contributed by atoms with Crippen molar-refractivity contribution in [2.45, 2.75) is 45.4 Å². The molecule has 2 aliphatic carbocycles. The number of hydrogen-bond acceptors (Lipinski definition) is 3. The summed E-state index contributed by atoms with van der Waals surface area (Å²) in [6.07, 6.45) is 4.82. The lowest BCUT2D eigenvalue weighted by molar-refractivity contribution is -0.114. The Morgan fingerprint density at radius 1 is 1.36 bits per heavy atom. The Hall–Kier alpha value is -2.10. The van der Waals surface area contributed by atoms with Crippen LogP contribution in [0.5, 0.6) is 0 Å². The third-order valence-electron chi connectivity index (χ3n) is 6.10. The first-order valence-corrected chi connectivity index (χ1v) is 9.53. The van der Waals surface area contributed by atoms with E-state index in [0.29, 0.717) is 24.3 Å². The van der Waals surface area contributed by atoms with E-state index < -0.39 is 0 Å². The number of benzene rings is 1. The van der Waals surface area contributed by atoms with Gasteiger partial charge in [-0.1, -0.05) is 18.6 Å². The molecule has 3 atom stereocenters. The fraction of sp³-hybridized carbons (Fsp3) is 0.524. The molecule has 4 rings (SSSR count). The van der Waals surface area contributed by atoms with Gasteiger partial charge >= 0.3 is 0 Å². The maximum Gasteiger partial charge on any atom is 0.265 e. The average Bonchev–Trinajstić information content (AvgIpc) is 3.33. The van der Waals surface area contributed by atoms with E-state index in [4.69, 9.17) is 10.7 Å². The first-order valence-electron chi connectivity index (χ1n) is 9.53. The summed E-state index contributed by atoms with van der Waals surface area (Å²) in [4.78, 5) is 17.4. The van der Waals surface area contributed by atoms with Gasteiger partial charge in [0.1, 0.15) is 5.71 Å². The molecule has 3 aliphatic rings. The minimum atomic E-state index is 0.0138. The van der Waals surface area contributed by atoms with Crippen molar-refractivity contribution < 1.29 is 4.79 Å². The highest BCUT2D eigenvalue weighted by Crippen LogP contribution is 2.54. The second kappa shape index (κ2) is 6.32. The molecular formula is C21H27N3O. The molecule has 3 unspecified atom stereocenters. The molecule has 4 heteroatoms. The van der Waals surface area contributed by atoms with Crippen LogP contribution in [-0.4, -0.2) is 18.2 Å². The van der Waals surface area contributed by atoms with Gasteiger partial charge in [-0.05, 0) is 68.2 Å². The van der Waals surface area contributed by atoms with Crippen LogP contribution in [0, 0.1) is 17.8 Å². The van der Waals surface area contributed by atoms with Gasteiger partial charge in [0.05, 0.1) is 0 Å². The molecule has 1 heterocycles. The third-order valence-corrected chi connectivity index (χ3v) is 6.10. The number of anilines is 1. The lowest BCUT2D eigenvalue weighted by atomic mass is 9.70. The summed E-state index contributed by atoms with van der Waals surface area (Å²) in [6.45, 7) is 4.82. The molecule has 3 N–H and O–H groups in total. The smallest absolute Gasteiger partial charge is 0.265 e. The number of carbonyl (C=O) groups excluding carboxylic acids is 1. The number of nitrogen functional groups attached to an aromatic ring is 1. The Morgan fingerprint density at radius 2 is 2.16 bits per heavy atom. The van der Waals surface area contributed by atoms with Crippen molar-refractivity contribution in [2.24, 2.45) is 22.7 Å². The maximum absolute atomic E-state index is 12.5. The van der Waals surface area contributed by atoms with Crippen molar-refractivity contribution in [3.05, 3.63) is 41.1 Å². The summed E-state index contributed by atoms with van der Waals surface area (Å²) in [5.74, 6) is 1.73. The van der Waals surface area contributed by atoms with Crippen molar-refractivity contribution in [3.8, 4) is 0 Å². The van der Waals surface area contributed by atoms with Gasteiger partial charge in [0, 0.05) is 29.8 Å². The van der Waals surface area contributed by atoms with Gasteiger partial charge < -0.3 is 11.1 Å². The van der Waals surface area contributed by atoms with E-state index in [9.17, 15) is 4.79 Å². The van der Waals surface area contributed by atoms with Gasteiger partial charge in [-0.3, -0.25) is 9.79 Å². The SMILES string of the molecule is CCNC(=O)C1=NC(C(c2cccc(N)c2)C2CCC2)=C(C)C2CC12. The molecule has 0 bridgehead atoms. The van der Waals surface area contributed by atoms with Gasteiger partial charge in [0.15, 0.2) is 0 Å². The van der Waals surface area contributed by atoms with Crippen molar-refractivity contribution in [1.29, 1.82) is 0 Å². The van der Waals surface area contributed by atoms with Crippen LogP contribution in [0.1, 0.15) is 51.0 Å². The molecule has 0 radical (unpaired) electrons. The summed E-state index contributed by atoms with van der Waals surface area (Å²) < 4.78 is 0. The van der Waals surface area contributed by atoms with Gasteiger partial charge in [0.2, 0.25) is 0 Å². The van der Waals surface area contributed by atoms with Gasteiger partial charge in [0.25, 0.3) is 5.91 Å². The van der Waals surface area contributed by atoms with Crippen molar-refractivity contribution in [2.75, 3.05) is 12.3 Å². The Labute approximate surface area is 149 Å². The van der Waals surface area contributed by atoms with E-state index in [1.165, 1.54) is 30.4 Å². The second-order valence-corrected chi connectivity index (χ2v) is 7.71. The molecule has 25 heavy (non-hydrogen) atoms. The largest absolute Gasteiger partial charge is 0.399 e. The normalized spacial score (nSPS) is 26.4. The van der Waals surface area contributed by atoms with Crippen molar-refractivity contribution >= 4 is 17.3 Å². The molecule has 0 saturated heterocycles. The lowest BCUT2D eigenvalue weighted by Gasteiger charge is -2.36. The van der Waals surface area contributed by atoms with Crippen LogP contribution in [0.4, 0.5) is 5.69 Å². The van der Waals surface area contributed by atoms with Crippen molar-refractivity contribution in [1.82, 2.24) is 5.32 Å². The predicted molar refractivity (Wildman–Crippen MR) is 101 cm³/mol. The minimum Gasteiger partial charge on any atom is -0.399 e. The Morgan fingerprint density at radius 3 is 2.80 bits per heavy atom. The van der Waals surface area contributed by atoms with Gasteiger partial charge in [-0.2, -0.15) is 0 Å². The Bertz CT molecular complexity index is 760. The molecule has 2 saturated carbocycles. The predicted octanol–water partition coefficient (Wildman–Crippen LogP) is 3.65. The maximum atomic E-state index is 12.5. The number of allylic oxidation sites excluding steroid dienone is 2. The Kier molecular flexibility index (Phi) is 4.14. The summed E-state index contributed by atoms with van der Waals surface area (Å²) in [5.41, 5.74) is 11.4. The number of nitrogens with zero attached hydrogens (tertiary/aromatic N) is 1. The summed E-state index contributed by atoms with van der Waals surface area (Å²) in [7, 11) is 0. The van der Waals surface area contributed by atoms with Crippen LogP contribution in [0.25, 0.3) is 0 Å². The molecule has 0 aromatic heterocycles. The highest BCUT2D eigenvalue weighted by Gasteiger charge is 2.49. The number of amides is 1. The number of aliphatic imine (C=N–C) groups is 1. The molecule has 0 spiro atoms. The summed E-state index contributed by atoms with van der Waals surface area (Å²) in [5, 5.41) is 2.94. The van der Waals surface area contributed by atoms with E-state index in [-0.39, 0.29) is 11.8 Å². The molecule has 4 nitrogen and oxygen atoms in total. The minimum absolute atomic E-state index is 0.0138. The number of rotatable bonds is 5. The standard InChI is InChI=1S/C21H27N3O/c1-3-23-21(25)20-17-11-16(17)12(2)19(24-20)18(13-6-4-7-13)14-8-5-9-15(22)10-14/h5,8-10,13,16-18H,3-4,6-7,11,22H2,1-2H3,(H,23,25). The number of fused-ring (bicyclic) bond motifs is 1. The molecule has 1 aliphatic heterocycles. The highest BCUT2D eigenvalue weighted by atomic mass is 16.1. The van der Waals surface area contributed by atoms with E-state index in [0.717, 1.165) is 23.5 Å². The number of nitrogens with one attached hydrogen (secondary N) is 1. The van der Waals surface area contributed by atoms with Crippen molar-refractivity contribution in [3.63, 3.8) is 0 Å². The zero-order valence-corrected chi connectivity index (χ0v) is 15.1. The average molecular weight is 337 g/mol. The third kappa shape index (κ3) is 2.88. The Balaban J connectivity index is 1.75. The topological polar surface area (TPSA) is 67.5 Å². The lowest BCUT2D eigenvalue weighted by Crippen LogP contribution is -2.34. The van der Waals surface area contributed by atoms with Crippen LogP contribution >= 0.6 is 0 Å². The molecule has 2 fully saturated rings. The first kappa shape index (κ1) is 16.4. The first-order chi connectivity index (χ1) is 12.1. The fourth-order valence-electron chi connectivity index (χ4n) is 4.43. The van der Waals surface area contributed by atoms with Crippen LogP contribution in [0.2, 0.25) is 0 Å². The van der Waals surface area contributed by atoms with E-state index >= 15 is 0 Å². The van der Waals surface area contributed by atoms with Crippen LogP contribution in [0.3, 0.4) is 0 Å². The number of nitrogens with two attached hydrogens (primary N) is 1. The molecule has 132 valence electrons. The molecular weight excluding hydrogens is 310 g/mol. The van der Waals surface area contributed by atoms with Crippen LogP contribution < -0.4 is 11.1 Å². The van der Waals surface area contributed by atoms with Gasteiger partial charge in [-0.25, -0.2) is 0 Å². The van der Waals surface area contributed by atoms with Crippen LogP contribution in [-0.2, 0) is 4.79 Å². The van der Waals surface area contributed by atoms with Gasteiger partial charge in [-0.15, -0.1) is 0 Å². The highest BCUT2D eigenvalue weighted by molar-refractivity contribution is 6.41. The number of carbonyl (C=O) groups is 1. The fourth-order valence-corrected chi connectivity index (χ4v) is 4.43. The second-order valence-electron chi connectivity index (χ2n) is 7.71.